The SMILES string of the molecule is CN(Cc1ccco1)C(=O)C1Cc2cc(C(F)(F)F)ccc2N2CCN(CCOc3ccccc3)CC12. The van der Waals surface area contributed by atoms with E-state index in [0.29, 0.717) is 44.1 Å². The number of amides is 1. The molecule has 0 saturated carbocycles. The minimum Gasteiger partial charge on any atom is -0.492 e. The van der Waals surface area contributed by atoms with Crippen LogP contribution in [-0.4, -0.2) is 61.6 Å². The number of anilines is 1. The van der Waals surface area contributed by atoms with Gasteiger partial charge in [-0.25, -0.2) is 0 Å². The lowest BCUT2D eigenvalue weighted by molar-refractivity contribution is -0.137. The summed E-state index contributed by atoms with van der Waals surface area (Å²) in [7, 11) is 1.71. The zero-order valence-electron chi connectivity index (χ0n) is 20.7. The van der Waals surface area contributed by atoms with Gasteiger partial charge in [0.2, 0.25) is 5.91 Å². The molecule has 0 aliphatic carbocycles. The van der Waals surface area contributed by atoms with Crippen LogP contribution >= 0.6 is 0 Å². The molecule has 2 aliphatic rings. The number of ether oxygens (including phenoxy) is 1. The Morgan fingerprint density at radius 3 is 2.65 bits per heavy atom. The first kappa shape index (κ1) is 25.2. The minimum absolute atomic E-state index is 0.100. The third-order valence-electron chi connectivity index (χ3n) is 7.21. The van der Waals surface area contributed by atoms with E-state index in [1.165, 1.54) is 6.07 Å². The van der Waals surface area contributed by atoms with Crippen LogP contribution in [-0.2, 0) is 23.9 Å². The van der Waals surface area contributed by atoms with Crippen LogP contribution in [0.2, 0.25) is 0 Å². The van der Waals surface area contributed by atoms with E-state index in [-0.39, 0.29) is 18.4 Å². The van der Waals surface area contributed by atoms with Crippen LogP contribution in [0, 0.1) is 5.92 Å². The van der Waals surface area contributed by atoms with Crippen LogP contribution in [0.5, 0.6) is 5.75 Å². The topological polar surface area (TPSA) is 49.2 Å². The van der Waals surface area contributed by atoms with Gasteiger partial charge in [-0.15, -0.1) is 0 Å². The molecule has 0 spiro atoms. The molecule has 3 aromatic rings. The Bertz CT molecular complexity index is 1200. The molecule has 2 unspecified atom stereocenters. The number of nitrogens with zero attached hydrogens (tertiary/aromatic N) is 3. The summed E-state index contributed by atoms with van der Waals surface area (Å²) in [6, 6.07) is 16.9. The number of piperazine rings is 1. The van der Waals surface area contributed by atoms with Gasteiger partial charge in [-0.05, 0) is 54.4 Å². The average molecular weight is 514 g/mol. The number of hydrogen-bond donors (Lipinski definition) is 0. The van der Waals surface area contributed by atoms with E-state index in [2.05, 4.69) is 9.80 Å². The third kappa shape index (κ3) is 5.61. The predicted molar refractivity (Wildman–Crippen MR) is 133 cm³/mol. The number of halogens is 3. The van der Waals surface area contributed by atoms with E-state index in [4.69, 9.17) is 9.15 Å². The van der Waals surface area contributed by atoms with Gasteiger partial charge in [-0.2, -0.15) is 13.2 Å². The molecule has 1 aromatic heterocycles. The molecule has 3 heterocycles. The van der Waals surface area contributed by atoms with Crippen LogP contribution in [0.3, 0.4) is 0 Å². The molecule has 6 nitrogen and oxygen atoms in total. The quantitative estimate of drug-likeness (QED) is 0.459. The molecule has 0 N–H and O–H groups in total. The Hall–Kier alpha value is -3.46. The summed E-state index contributed by atoms with van der Waals surface area (Å²) >= 11 is 0. The minimum atomic E-state index is -4.43. The summed E-state index contributed by atoms with van der Waals surface area (Å²) in [5.74, 6) is 0.887. The van der Waals surface area contributed by atoms with E-state index in [1.807, 2.05) is 30.3 Å². The van der Waals surface area contributed by atoms with Crippen LogP contribution in [0.1, 0.15) is 16.9 Å². The molecule has 0 radical (unpaired) electrons. The van der Waals surface area contributed by atoms with E-state index >= 15 is 0 Å². The van der Waals surface area contributed by atoms with E-state index in [9.17, 15) is 18.0 Å². The number of furan rings is 1. The van der Waals surface area contributed by atoms with Gasteiger partial charge in [0.05, 0.1) is 30.3 Å². The van der Waals surface area contributed by atoms with Crippen molar-refractivity contribution in [2.45, 2.75) is 25.2 Å². The largest absolute Gasteiger partial charge is 0.492 e. The molecule has 5 rings (SSSR count). The predicted octanol–water partition coefficient (Wildman–Crippen LogP) is 4.70. The fraction of sp³-hybridized carbons (Fsp3) is 0.393. The molecule has 37 heavy (non-hydrogen) atoms. The number of alkyl halides is 3. The van der Waals surface area contributed by atoms with Gasteiger partial charge < -0.3 is 19.0 Å². The van der Waals surface area contributed by atoms with Crippen LogP contribution < -0.4 is 9.64 Å². The second-order valence-electron chi connectivity index (χ2n) is 9.65. The van der Waals surface area contributed by atoms with Crippen molar-refractivity contribution in [3.8, 4) is 5.75 Å². The highest BCUT2D eigenvalue weighted by atomic mass is 19.4. The van der Waals surface area contributed by atoms with Crippen molar-refractivity contribution >= 4 is 11.6 Å². The van der Waals surface area contributed by atoms with Gasteiger partial charge in [-0.1, -0.05) is 18.2 Å². The Morgan fingerprint density at radius 1 is 1.11 bits per heavy atom. The molecule has 9 heteroatoms. The van der Waals surface area contributed by atoms with Gasteiger partial charge >= 0.3 is 6.18 Å². The first-order valence-corrected chi connectivity index (χ1v) is 12.4. The van der Waals surface area contributed by atoms with Gasteiger partial charge in [0, 0.05) is 38.9 Å². The number of para-hydroxylation sites is 1. The maximum atomic E-state index is 13.7. The number of carbonyl (C=O) groups excluding carboxylic acids is 1. The number of hydrogen-bond acceptors (Lipinski definition) is 5. The average Bonchev–Trinajstić information content (AvgIpc) is 3.40. The van der Waals surface area contributed by atoms with Crippen molar-refractivity contribution in [1.82, 2.24) is 9.80 Å². The number of rotatable bonds is 7. The molecule has 1 saturated heterocycles. The summed E-state index contributed by atoms with van der Waals surface area (Å²) in [6.45, 7) is 3.50. The number of fused-ring (bicyclic) bond motifs is 3. The maximum absolute atomic E-state index is 13.7. The van der Waals surface area contributed by atoms with Crippen molar-refractivity contribution in [2.24, 2.45) is 5.92 Å². The van der Waals surface area contributed by atoms with E-state index in [0.717, 1.165) is 24.0 Å². The second-order valence-corrected chi connectivity index (χ2v) is 9.65. The van der Waals surface area contributed by atoms with Crippen LogP contribution in [0.4, 0.5) is 18.9 Å². The van der Waals surface area contributed by atoms with Crippen molar-refractivity contribution in [1.29, 1.82) is 0 Å². The van der Waals surface area contributed by atoms with E-state index in [1.54, 1.807) is 36.4 Å². The molecule has 2 aromatic carbocycles. The fourth-order valence-electron chi connectivity index (χ4n) is 5.35. The maximum Gasteiger partial charge on any atom is 0.416 e. The molecular formula is C28H30F3N3O3. The van der Waals surface area contributed by atoms with Crippen molar-refractivity contribution in [3.05, 3.63) is 83.8 Å². The highest BCUT2D eigenvalue weighted by molar-refractivity contribution is 5.82. The van der Waals surface area contributed by atoms with Gasteiger partial charge in [0.15, 0.2) is 0 Å². The standard InChI is InChI=1S/C28H30F3N3O3/c1-32(18-23-8-5-14-36-23)27(35)24-17-20-16-21(28(29,30)31)9-10-25(20)34-12-11-33(19-26(24)34)13-15-37-22-6-3-2-4-7-22/h2-10,14,16,24,26H,11-13,15,17-19H2,1H3. The molecule has 2 aliphatic heterocycles. The fourth-order valence-corrected chi connectivity index (χ4v) is 5.35. The molecule has 2 atom stereocenters. The first-order valence-electron chi connectivity index (χ1n) is 12.4. The molecular weight excluding hydrogens is 483 g/mol. The van der Waals surface area contributed by atoms with Crippen molar-refractivity contribution in [3.63, 3.8) is 0 Å². The molecule has 0 bridgehead atoms. The highest BCUT2D eigenvalue weighted by Gasteiger charge is 2.43. The summed E-state index contributed by atoms with van der Waals surface area (Å²) < 4.78 is 51.7. The lowest BCUT2D eigenvalue weighted by Crippen LogP contribution is -2.61. The first-order chi connectivity index (χ1) is 17.8. The Kier molecular flexibility index (Phi) is 7.15. The van der Waals surface area contributed by atoms with Crippen molar-refractivity contribution < 1.29 is 27.1 Å². The zero-order valence-corrected chi connectivity index (χ0v) is 20.7. The second kappa shape index (κ2) is 10.5. The van der Waals surface area contributed by atoms with Crippen molar-refractivity contribution in [2.75, 3.05) is 44.7 Å². The van der Waals surface area contributed by atoms with Crippen LogP contribution in [0.15, 0.2) is 71.3 Å². The lowest BCUT2D eigenvalue weighted by atomic mass is 9.82. The summed E-state index contributed by atoms with van der Waals surface area (Å²) in [4.78, 5) is 19.7. The summed E-state index contributed by atoms with van der Waals surface area (Å²) in [5, 5.41) is 0. The Morgan fingerprint density at radius 2 is 1.92 bits per heavy atom. The van der Waals surface area contributed by atoms with E-state index < -0.39 is 17.7 Å². The van der Waals surface area contributed by atoms with Gasteiger partial charge in [0.1, 0.15) is 18.1 Å². The monoisotopic (exact) mass is 513 g/mol. The Labute approximate surface area is 214 Å². The lowest BCUT2D eigenvalue weighted by Gasteiger charge is -2.49. The Balaban J connectivity index is 1.35. The number of benzene rings is 2. The molecule has 196 valence electrons. The normalized spacial score (nSPS) is 19.7. The van der Waals surface area contributed by atoms with Crippen LogP contribution in [0.25, 0.3) is 0 Å². The third-order valence-corrected chi connectivity index (χ3v) is 7.21. The smallest absolute Gasteiger partial charge is 0.416 e. The van der Waals surface area contributed by atoms with Gasteiger partial charge in [-0.3, -0.25) is 9.69 Å². The molecule has 1 amide bonds. The zero-order chi connectivity index (χ0) is 26.0. The summed E-state index contributed by atoms with van der Waals surface area (Å²) in [5.41, 5.74) is 0.671. The highest BCUT2D eigenvalue weighted by Crippen LogP contribution is 2.40. The molecule has 1 fully saturated rings. The summed E-state index contributed by atoms with van der Waals surface area (Å²) in [6.07, 6.45) is -2.61. The van der Waals surface area contributed by atoms with Gasteiger partial charge in [0.25, 0.3) is 0 Å². The number of carbonyl (C=O) groups is 1.